The number of hydrogen-bond acceptors (Lipinski definition) is 2. The molecule has 2 nitrogen and oxygen atoms in total. The number of aliphatic hydroxyl groups excluding tert-OH is 1. The van der Waals surface area contributed by atoms with Gasteiger partial charge in [-0.15, -0.1) is 5.92 Å². The summed E-state index contributed by atoms with van der Waals surface area (Å²) in [7, 11) is 1.60. The first-order valence-corrected chi connectivity index (χ1v) is 4.01. The van der Waals surface area contributed by atoms with E-state index in [1.807, 2.05) is 12.1 Å². The van der Waals surface area contributed by atoms with E-state index < -0.39 is 0 Å². The van der Waals surface area contributed by atoms with Gasteiger partial charge in [0.15, 0.2) is 0 Å². The summed E-state index contributed by atoms with van der Waals surface area (Å²) in [6.07, 6.45) is 0. The third-order valence-corrected chi connectivity index (χ3v) is 1.65. The summed E-state index contributed by atoms with van der Waals surface area (Å²) >= 11 is 0. The van der Waals surface area contributed by atoms with Crippen LogP contribution in [0.15, 0.2) is 18.2 Å². The number of methoxy groups -OCH3 is 1. The van der Waals surface area contributed by atoms with Crippen molar-refractivity contribution < 1.29 is 9.84 Å². The first-order chi connectivity index (χ1) is 6.30. The Morgan fingerprint density at radius 3 is 2.69 bits per heavy atom. The zero-order chi connectivity index (χ0) is 9.68. The molecule has 2 heteroatoms. The standard InChI is InChI=1S/C11H12O2/c1-3-4-9-5-10(8-12)7-11(6-9)13-2/h5-7,12H,8H2,1-2H3. The van der Waals surface area contributed by atoms with Crippen LogP contribution < -0.4 is 4.74 Å². The number of aliphatic hydroxyl groups is 1. The van der Waals surface area contributed by atoms with Gasteiger partial charge in [-0.2, -0.15) is 0 Å². The van der Waals surface area contributed by atoms with E-state index in [2.05, 4.69) is 11.8 Å². The first kappa shape index (κ1) is 9.63. The molecule has 0 saturated heterocycles. The summed E-state index contributed by atoms with van der Waals surface area (Å²) in [5.41, 5.74) is 1.68. The largest absolute Gasteiger partial charge is 0.497 e. The van der Waals surface area contributed by atoms with Crippen molar-refractivity contribution in [3.05, 3.63) is 29.3 Å². The maximum absolute atomic E-state index is 8.95. The fourth-order valence-electron chi connectivity index (χ4n) is 1.09. The highest BCUT2D eigenvalue weighted by Crippen LogP contribution is 2.16. The minimum Gasteiger partial charge on any atom is -0.497 e. The van der Waals surface area contributed by atoms with Crippen LogP contribution in [0.2, 0.25) is 0 Å². The molecule has 0 heterocycles. The molecule has 1 rings (SSSR count). The van der Waals surface area contributed by atoms with Gasteiger partial charge in [0, 0.05) is 5.56 Å². The van der Waals surface area contributed by atoms with Crippen LogP contribution in [-0.4, -0.2) is 12.2 Å². The highest BCUT2D eigenvalue weighted by molar-refractivity contribution is 5.43. The van der Waals surface area contributed by atoms with E-state index >= 15 is 0 Å². The lowest BCUT2D eigenvalue weighted by atomic mass is 10.1. The summed E-state index contributed by atoms with van der Waals surface area (Å²) in [4.78, 5) is 0. The molecule has 0 saturated carbocycles. The highest BCUT2D eigenvalue weighted by atomic mass is 16.5. The van der Waals surface area contributed by atoms with Crippen molar-refractivity contribution in [2.75, 3.05) is 7.11 Å². The molecule has 68 valence electrons. The van der Waals surface area contributed by atoms with E-state index in [0.717, 1.165) is 16.9 Å². The topological polar surface area (TPSA) is 29.5 Å². The summed E-state index contributed by atoms with van der Waals surface area (Å²) < 4.78 is 5.06. The molecule has 0 aliphatic carbocycles. The van der Waals surface area contributed by atoms with E-state index in [9.17, 15) is 0 Å². The van der Waals surface area contributed by atoms with Crippen molar-refractivity contribution >= 4 is 0 Å². The van der Waals surface area contributed by atoms with Crippen LogP contribution in [0.1, 0.15) is 18.1 Å². The summed E-state index contributed by atoms with van der Waals surface area (Å²) in [6.45, 7) is 1.79. The SMILES string of the molecule is CC#Cc1cc(CO)cc(OC)c1. The molecular weight excluding hydrogens is 164 g/mol. The van der Waals surface area contributed by atoms with Gasteiger partial charge in [-0.05, 0) is 30.7 Å². The van der Waals surface area contributed by atoms with Gasteiger partial charge in [0.05, 0.1) is 13.7 Å². The van der Waals surface area contributed by atoms with Crippen LogP contribution in [0.3, 0.4) is 0 Å². The Hall–Kier alpha value is -1.46. The molecule has 0 aromatic heterocycles. The lowest BCUT2D eigenvalue weighted by Crippen LogP contribution is -1.89. The van der Waals surface area contributed by atoms with Gasteiger partial charge in [-0.3, -0.25) is 0 Å². The fraction of sp³-hybridized carbons (Fsp3) is 0.273. The van der Waals surface area contributed by atoms with E-state index in [1.165, 1.54) is 0 Å². The lowest BCUT2D eigenvalue weighted by molar-refractivity contribution is 0.281. The maximum atomic E-state index is 8.95. The molecule has 1 aromatic carbocycles. The van der Waals surface area contributed by atoms with Crippen molar-refractivity contribution in [1.29, 1.82) is 0 Å². The second-order valence-corrected chi connectivity index (χ2v) is 2.60. The van der Waals surface area contributed by atoms with Gasteiger partial charge in [0.1, 0.15) is 5.75 Å². The average Bonchev–Trinajstić information content (AvgIpc) is 2.17. The van der Waals surface area contributed by atoms with Gasteiger partial charge < -0.3 is 9.84 Å². The van der Waals surface area contributed by atoms with E-state index in [0.29, 0.717) is 0 Å². The van der Waals surface area contributed by atoms with Crippen molar-refractivity contribution in [3.8, 4) is 17.6 Å². The molecule has 1 N–H and O–H groups in total. The van der Waals surface area contributed by atoms with Crippen LogP contribution in [0.25, 0.3) is 0 Å². The second-order valence-electron chi connectivity index (χ2n) is 2.60. The van der Waals surface area contributed by atoms with Crippen molar-refractivity contribution in [2.24, 2.45) is 0 Å². The number of ether oxygens (including phenoxy) is 1. The first-order valence-electron chi connectivity index (χ1n) is 4.01. The maximum Gasteiger partial charge on any atom is 0.120 e. The zero-order valence-electron chi connectivity index (χ0n) is 7.79. The molecule has 0 radical (unpaired) electrons. The van der Waals surface area contributed by atoms with Crippen molar-refractivity contribution in [1.82, 2.24) is 0 Å². The molecular formula is C11H12O2. The van der Waals surface area contributed by atoms with Crippen LogP contribution in [0.4, 0.5) is 0 Å². The van der Waals surface area contributed by atoms with Gasteiger partial charge in [0.2, 0.25) is 0 Å². The third-order valence-electron chi connectivity index (χ3n) is 1.65. The normalized spacial score (nSPS) is 8.85. The zero-order valence-corrected chi connectivity index (χ0v) is 7.79. The molecule has 0 bridgehead atoms. The van der Waals surface area contributed by atoms with Gasteiger partial charge in [-0.25, -0.2) is 0 Å². The molecule has 0 aliphatic rings. The number of benzene rings is 1. The van der Waals surface area contributed by atoms with Crippen LogP contribution in [0.5, 0.6) is 5.75 Å². The van der Waals surface area contributed by atoms with Crippen molar-refractivity contribution in [2.45, 2.75) is 13.5 Å². The van der Waals surface area contributed by atoms with E-state index in [4.69, 9.17) is 9.84 Å². The van der Waals surface area contributed by atoms with Crippen molar-refractivity contribution in [3.63, 3.8) is 0 Å². The summed E-state index contributed by atoms with van der Waals surface area (Å²) in [5.74, 6) is 6.44. The van der Waals surface area contributed by atoms with Crippen LogP contribution in [-0.2, 0) is 6.61 Å². The highest BCUT2D eigenvalue weighted by Gasteiger charge is 1.97. The molecule has 0 spiro atoms. The molecule has 0 fully saturated rings. The Bertz CT molecular complexity index is 323. The Morgan fingerprint density at radius 1 is 1.38 bits per heavy atom. The van der Waals surface area contributed by atoms with Crippen LogP contribution >= 0.6 is 0 Å². The second kappa shape index (κ2) is 4.54. The molecule has 1 aromatic rings. The lowest BCUT2D eigenvalue weighted by Gasteiger charge is -2.03. The molecule has 0 amide bonds. The molecule has 0 atom stereocenters. The number of rotatable bonds is 2. The molecule has 0 aliphatic heterocycles. The van der Waals surface area contributed by atoms with Gasteiger partial charge in [0.25, 0.3) is 0 Å². The van der Waals surface area contributed by atoms with Gasteiger partial charge in [-0.1, -0.05) is 5.92 Å². The summed E-state index contributed by atoms with van der Waals surface area (Å²) in [6, 6.07) is 5.48. The molecule has 0 unspecified atom stereocenters. The minimum absolute atomic E-state index is 0.00952. The predicted octanol–water partition coefficient (Wildman–Crippen LogP) is 1.56. The minimum atomic E-state index is 0.00952. The van der Waals surface area contributed by atoms with Crippen LogP contribution in [0, 0.1) is 11.8 Å². The van der Waals surface area contributed by atoms with E-state index in [1.54, 1.807) is 20.1 Å². The Balaban J connectivity index is 3.12. The molecule has 13 heavy (non-hydrogen) atoms. The number of hydrogen-bond donors (Lipinski definition) is 1. The smallest absolute Gasteiger partial charge is 0.120 e. The Morgan fingerprint density at radius 2 is 2.15 bits per heavy atom. The quantitative estimate of drug-likeness (QED) is 0.693. The third kappa shape index (κ3) is 2.50. The Kier molecular flexibility index (Phi) is 3.36. The monoisotopic (exact) mass is 176 g/mol. The Labute approximate surface area is 78.2 Å². The summed E-state index contributed by atoms with van der Waals surface area (Å²) in [5, 5.41) is 8.95. The average molecular weight is 176 g/mol. The predicted molar refractivity (Wildman–Crippen MR) is 51.5 cm³/mol. The van der Waals surface area contributed by atoms with E-state index in [-0.39, 0.29) is 6.61 Å². The fourth-order valence-corrected chi connectivity index (χ4v) is 1.09. The van der Waals surface area contributed by atoms with Gasteiger partial charge >= 0.3 is 0 Å².